The van der Waals surface area contributed by atoms with Crippen LogP contribution in [-0.2, 0) is 0 Å². The van der Waals surface area contributed by atoms with Crippen molar-refractivity contribution in [2.24, 2.45) is 0 Å². The quantitative estimate of drug-likeness (QED) is 0.563. The van der Waals surface area contributed by atoms with Crippen molar-refractivity contribution in [2.75, 3.05) is 0 Å². The Hall–Kier alpha value is -0.630. The van der Waals surface area contributed by atoms with Crippen LogP contribution in [0.2, 0.25) is 5.28 Å². The lowest BCUT2D eigenvalue weighted by Crippen LogP contribution is -1.88. The van der Waals surface area contributed by atoms with Crippen molar-refractivity contribution in [2.45, 2.75) is 27.7 Å². The standard InChI is InChI=1S/C6H7ClN2.C2H6/c1-4-3-5(2)9-6(7)8-4;1-2/h3H,1-2H3;1-2H3. The molecule has 0 amide bonds. The summed E-state index contributed by atoms with van der Waals surface area (Å²) in [6.07, 6.45) is 0. The predicted octanol–water partition coefficient (Wildman–Crippen LogP) is 2.77. The van der Waals surface area contributed by atoms with Crippen molar-refractivity contribution in [3.8, 4) is 0 Å². The summed E-state index contributed by atoms with van der Waals surface area (Å²) in [4.78, 5) is 7.78. The Morgan fingerprint density at radius 1 is 1.09 bits per heavy atom. The molecule has 1 heterocycles. The van der Waals surface area contributed by atoms with Crippen LogP contribution in [0.15, 0.2) is 6.07 Å². The van der Waals surface area contributed by atoms with E-state index in [2.05, 4.69) is 9.97 Å². The van der Waals surface area contributed by atoms with Gasteiger partial charge >= 0.3 is 0 Å². The average Bonchev–Trinajstić information content (AvgIpc) is 1.88. The summed E-state index contributed by atoms with van der Waals surface area (Å²) in [5.74, 6) is 0. The number of aromatic nitrogens is 2. The Morgan fingerprint density at radius 3 is 1.73 bits per heavy atom. The topological polar surface area (TPSA) is 25.8 Å². The van der Waals surface area contributed by atoms with Crippen molar-refractivity contribution in [3.63, 3.8) is 0 Å². The monoisotopic (exact) mass is 172 g/mol. The van der Waals surface area contributed by atoms with Crippen molar-refractivity contribution >= 4 is 11.6 Å². The Kier molecular flexibility index (Phi) is 4.79. The normalized spacial score (nSPS) is 8.45. The summed E-state index contributed by atoms with van der Waals surface area (Å²) >= 11 is 5.53. The molecule has 0 aliphatic heterocycles. The van der Waals surface area contributed by atoms with Gasteiger partial charge in [0.05, 0.1) is 0 Å². The molecule has 1 aromatic rings. The van der Waals surface area contributed by atoms with E-state index in [1.807, 2.05) is 33.8 Å². The van der Waals surface area contributed by atoms with E-state index in [9.17, 15) is 0 Å². The molecular weight excluding hydrogens is 160 g/mol. The third kappa shape index (κ3) is 3.94. The van der Waals surface area contributed by atoms with E-state index in [0.717, 1.165) is 11.4 Å². The van der Waals surface area contributed by atoms with E-state index >= 15 is 0 Å². The van der Waals surface area contributed by atoms with E-state index < -0.39 is 0 Å². The second-order valence-corrected chi connectivity index (χ2v) is 2.26. The molecule has 62 valence electrons. The number of hydrogen-bond donors (Lipinski definition) is 0. The SMILES string of the molecule is CC.Cc1cc(C)nc(Cl)n1. The summed E-state index contributed by atoms with van der Waals surface area (Å²) in [5, 5.41) is 0.326. The lowest BCUT2D eigenvalue weighted by molar-refractivity contribution is 1.05. The Morgan fingerprint density at radius 2 is 1.45 bits per heavy atom. The average molecular weight is 173 g/mol. The van der Waals surface area contributed by atoms with Crippen molar-refractivity contribution in [1.82, 2.24) is 9.97 Å². The molecule has 0 bridgehead atoms. The molecule has 0 saturated carbocycles. The fourth-order valence-corrected chi connectivity index (χ4v) is 0.950. The molecule has 0 aliphatic rings. The van der Waals surface area contributed by atoms with E-state index in [1.165, 1.54) is 0 Å². The van der Waals surface area contributed by atoms with Gasteiger partial charge in [0.2, 0.25) is 5.28 Å². The lowest BCUT2D eigenvalue weighted by Gasteiger charge is -1.93. The molecule has 3 heteroatoms. The molecule has 0 atom stereocenters. The van der Waals surface area contributed by atoms with Crippen LogP contribution in [-0.4, -0.2) is 9.97 Å². The highest BCUT2D eigenvalue weighted by molar-refractivity contribution is 6.28. The fourth-order valence-electron chi connectivity index (χ4n) is 0.683. The molecule has 11 heavy (non-hydrogen) atoms. The van der Waals surface area contributed by atoms with Gasteiger partial charge < -0.3 is 0 Å². The first-order valence-corrected chi connectivity index (χ1v) is 4.04. The molecule has 0 aliphatic carbocycles. The zero-order valence-electron chi connectivity index (χ0n) is 7.35. The van der Waals surface area contributed by atoms with Crippen molar-refractivity contribution in [3.05, 3.63) is 22.7 Å². The molecule has 1 aromatic heterocycles. The fraction of sp³-hybridized carbons (Fsp3) is 0.500. The number of nitrogens with zero attached hydrogens (tertiary/aromatic N) is 2. The second-order valence-electron chi connectivity index (χ2n) is 1.92. The minimum Gasteiger partial charge on any atom is -0.223 e. The predicted molar refractivity (Wildman–Crippen MR) is 47.9 cm³/mol. The third-order valence-corrected chi connectivity index (χ3v) is 1.12. The molecule has 0 fully saturated rings. The summed E-state index contributed by atoms with van der Waals surface area (Å²) in [5.41, 5.74) is 1.82. The molecule has 2 nitrogen and oxygen atoms in total. The highest BCUT2D eigenvalue weighted by Gasteiger charge is 1.92. The minimum absolute atomic E-state index is 0.326. The maximum Gasteiger partial charge on any atom is 0.222 e. The first-order valence-electron chi connectivity index (χ1n) is 3.66. The van der Waals surface area contributed by atoms with Gasteiger partial charge in [-0.1, -0.05) is 13.8 Å². The number of hydrogen-bond acceptors (Lipinski definition) is 2. The van der Waals surface area contributed by atoms with Crippen LogP contribution in [0.3, 0.4) is 0 Å². The summed E-state index contributed by atoms with van der Waals surface area (Å²) in [7, 11) is 0. The highest BCUT2D eigenvalue weighted by atomic mass is 35.5. The molecule has 0 saturated heterocycles. The lowest BCUT2D eigenvalue weighted by atomic mass is 10.4. The first kappa shape index (κ1) is 10.4. The maximum absolute atomic E-state index is 5.53. The summed E-state index contributed by atoms with van der Waals surface area (Å²) < 4.78 is 0. The Bertz CT molecular complexity index is 173. The highest BCUT2D eigenvalue weighted by Crippen LogP contribution is 2.02. The van der Waals surface area contributed by atoms with Crippen molar-refractivity contribution < 1.29 is 0 Å². The van der Waals surface area contributed by atoms with E-state index in [0.29, 0.717) is 5.28 Å². The number of aryl methyl sites for hydroxylation is 2. The van der Waals surface area contributed by atoms with Crippen LogP contribution < -0.4 is 0 Å². The smallest absolute Gasteiger partial charge is 0.222 e. The minimum atomic E-state index is 0.326. The van der Waals surface area contributed by atoms with Gasteiger partial charge in [0.1, 0.15) is 0 Å². The van der Waals surface area contributed by atoms with Gasteiger partial charge in [0, 0.05) is 11.4 Å². The van der Waals surface area contributed by atoms with Gasteiger partial charge in [-0.25, -0.2) is 9.97 Å². The molecule has 0 unspecified atom stereocenters. The van der Waals surface area contributed by atoms with Crippen LogP contribution in [0.4, 0.5) is 0 Å². The Labute approximate surface area is 72.6 Å². The molecule has 0 N–H and O–H groups in total. The summed E-state index contributed by atoms with van der Waals surface area (Å²) in [6.45, 7) is 7.78. The van der Waals surface area contributed by atoms with Crippen LogP contribution >= 0.6 is 11.6 Å². The van der Waals surface area contributed by atoms with Gasteiger partial charge in [0.15, 0.2) is 0 Å². The molecule has 0 aromatic carbocycles. The maximum atomic E-state index is 5.53. The number of halogens is 1. The molecular formula is C8H13ClN2. The van der Waals surface area contributed by atoms with E-state index in [1.54, 1.807) is 0 Å². The molecule has 0 radical (unpaired) electrons. The molecule has 0 spiro atoms. The van der Waals surface area contributed by atoms with Gasteiger partial charge in [-0.05, 0) is 31.5 Å². The van der Waals surface area contributed by atoms with Crippen LogP contribution in [0.1, 0.15) is 25.2 Å². The second kappa shape index (κ2) is 5.08. The summed E-state index contributed by atoms with van der Waals surface area (Å²) in [6, 6.07) is 1.88. The van der Waals surface area contributed by atoms with Crippen LogP contribution in [0.5, 0.6) is 0 Å². The zero-order chi connectivity index (χ0) is 8.85. The van der Waals surface area contributed by atoms with Gasteiger partial charge in [-0.2, -0.15) is 0 Å². The third-order valence-electron chi connectivity index (χ3n) is 0.955. The van der Waals surface area contributed by atoms with Crippen LogP contribution in [0.25, 0.3) is 0 Å². The number of rotatable bonds is 0. The van der Waals surface area contributed by atoms with Gasteiger partial charge in [-0.15, -0.1) is 0 Å². The molecule has 1 rings (SSSR count). The van der Waals surface area contributed by atoms with Crippen molar-refractivity contribution in [1.29, 1.82) is 0 Å². The van der Waals surface area contributed by atoms with Crippen LogP contribution in [0, 0.1) is 13.8 Å². The van der Waals surface area contributed by atoms with Gasteiger partial charge in [-0.3, -0.25) is 0 Å². The van der Waals surface area contributed by atoms with Gasteiger partial charge in [0.25, 0.3) is 0 Å². The van der Waals surface area contributed by atoms with E-state index in [-0.39, 0.29) is 0 Å². The zero-order valence-corrected chi connectivity index (χ0v) is 8.11. The Balaban J connectivity index is 0.000000461. The van der Waals surface area contributed by atoms with E-state index in [4.69, 9.17) is 11.6 Å². The first-order chi connectivity index (χ1) is 5.18. The largest absolute Gasteiger partial charge is 0.223 e.